The van der Waals surface area contributed by atoms with Gasteiger partial charge in [0.25, 0.3) is 0 Å². The number of benzene rings is 2. The molecule has 21 heavy (non-hydrogen) atoms. The van der Waals surface area contributed by atoms with Crippen molar-refractivity contribution in [1.29, 1.82) is 0 Å². The lowest BCUT2D eigenvalue weighted by Gasteiger charge is -2.25. The Labute approximate surface area is 130 Å². The molecule has 2 rings (SSSR count). The largest absolute Gasteiger partial charge is 0.469 e. The smallest absolute Gasteiger partial charge is 0.126 e. The van der Waals surface area contributed by atoms with Crippen LogP contribution >= 0.6 is 8.15 Å². The maximum absolute atomic E-state index is 6.47. The lowest BCUT2D eigenvalue weighted by Crippen LogP contribution is -2.16. The number of hydrogen-bond donors (Lipinski definition) is 0. The van der Waals surface area contributed by atoms with Crippen LogP contribution < -0.4 is 9.83 Å². The Morgan fingerprint density at radius 1 is 0.810 bits per heavy atom. The predicted molar refractivity (Wildman–Crippen MR) is 94.2 cm³/mol. The van der Waals surface area contributed by atoms with Gasteiger partial charge in [0.1, 0.15) is 13.9 Å². The molecule has 0 saturated heterocycles. The minimum absolute atomic E-state index is 0.486. The monoisotopic (exact) mass is 300 g/mol. The molecule has 2 heteroatoms. The second-order valence-electron chi connectivity index (χ2n) is 5.93. The zero-order chi connectivity index (χ0) is 15.6. The quantitative estimate of drug-likeness (QED) is 0.684. The fraction of sp³-hybridized carbons (Fsp3) is 0.368. The Balaban J connectivity index is 2.41. The molecule has 0 saturated carbocycles. The van der Waals surface area contributed by atoms with Gasteiger partial charge >= 0.3 is 0 Å². The van der Waals surface area contributed by atoms with Crippen LogP contribution in [0.4, 0.5) is 0 Å². The first kappa shape index (κ1) is 16.0. The molecular weight excluding hydrogens is 275 g/mol. The van der Waals surface area contributed by atoms with Gasteiger partial charge < -0.3 is 4.52 Å². The van der Waals surface area contributed by atoms with Crippen LogP contribution in [0.2, 0.25) is 0 Å². The van der Waals surface area contributed by atoms with Gasteiger partial charge in [0.2, 0.25) is 0 Å². The van der Waals surface area contributed by atoms with Gasteiger partial charge in [-0.25, -0.2) is 0 Å². The van der Waals surface area contributed by atoms with Crippen molar-refractivity contribution in [2.45, 2.75) is 47.2 Å². The number of rotatable bonds is 4. The SMILES string of the molecule is Cc1cccc(OP(c2cccc(C)c2C)C(C)C)c1C. The summed E-state index contributed by atoms with van der Waals surface area (Å²) < 4.78 is 6.47. The molecule has 0 heterocycles. The summed E-state index contributed by atoms with van der Waals surface area (Å²) in [6.07, 6.45) is 0. The highest BCUT2D eigenvalue weighted by atomic mass is 31.1. The predicted octanol–water partition coefficient (Wildman–Crippen LogP) is 5.43. The van der Waals surface area contributed by atoms with E-state index in [1.165, 1.54) is 27.6 Å². The van der Waals surface area contributed by atoms with Gasteiger partial charge in [-0.15, -0.1) is 0 Å². The Hall–Kier alpha value is -1.33. The van der Waals surface area contributed by atoms with Gasteiger partial charge in [-0.3, -0.25) is 0 Å². The van der Waals surface area contributed by atoms with E-state index in [9.17, 15) is 0 Å². The third kappa shape index (κ3) is 3.47. The van der Waals surface area contributed by atoms with Gasteiger partial charge in [0.15, 0.2) is 0 Å². The van der Waals surface area contributed by atoms with Crippen molar-refractivity contribution in [3.63, 3.8) is 0 Å². The normalized spacial score (nSPS) is 12.5. The molecule has 0 spiro atoms. The molecule has 112 valence electrons. The van der Waals surface area contributed by atoms with Crippen molar-refractivity contribution in [3.05, 3.63) is 58.7 Å². The van der Waals surface area contributed by atoms with Crippen LogP contribution in [0.3, 0.4) is 0 Å². The van der Waals surface area contributed by atoms with E-state index in [2.05, 4.69) is 77.9 Å². The van der Waals surface area contributed by atoms with Crippen LogP contribution in [0.25, 0.3) is 0 Å². The summed E-state index contributed by atoms with van der Waals surface area (Å²) in [6.45, 7) is 13.1. The second-order valence-corrected chi connectivity index (χ2v) is 8.28. The zero-order valence-electron chi connectivity index (χ0n) is 13.9. The first-order valence-corrected chi connectivity index (χ1v) is 8.84. The standard InChI is InChI=1S/C19H25OP/c1-13(2)21(19-12-8-10-15(4)17(19)6)20-18-11-7-9-14(3)16(18)5/h7-13H,1-6H3. The van der Waals surface area contributed by atoms with Crippen molar-refractivity contribution < 1.29 is 4.52 Å². The Kier molecular flexibility index (Phi) is 5.06. The summed E-state index contributed by atoms with van der Waals surface area (Å²) in [5, 5.41) is 1.36. The van der Waals surface area contributed by atoms with Crippen LogP contribution in [0.1, 0.15) is 36.1 Å². The average molecular weight is 300 g/mol. The first-order valence-electron chi connectivity index (χ1n) is 7.51. The van der Waals surface area contributed by atoms with Crippen LogP contribution in [0, 0.1) is 27.7 Å². The van der Waals surface area contributed by atoms with Crippen LogP contribution in [0.15, 0.2) is 36.4 Å². The summed E-state index contributed by atoms with van der Waals surface area (Å²) in [4.78, 5) is 0. The van der Waals surface area contributed by atoms with Crippen molar-refractivity contribution in [3.8, 4) is 5.75 Å². The maximum Gasteiger partial charge on any atom is 0.126 e. The van der Waals surface area contributed by atoms with E-state index in [1.807, 2.05) is 0 Å². The molecule has 0 aliphatic rings. The van der Waals surface area contributed by atoms with Crippen molar-refractivity contribution in [2.24, 2.45) is 0 Å². The van der Waals surface area contributed by atoms with E-state index in [0.717, 1.165) is 5.75 Å². The number of aryl methyl sites for hydroxylation is 2. The summed E-state index contributed by atoms with van der Waals surface area (Å²) in [5.74, 6) is 1.02. The summed E-state index contributed by atoms with van der Waals surface area (Å²) in [7, 11) is -0.657. The molecule has 0 aliphatic heterocycles. The summed E-state index contributed by atoms with van der Waals surface area (Å²) in [5.41, 5.74) is 5.72. The number of hydrogen-bond acceptors (Lipinski definition) is 1. The highest BCUT2D eigenvalue weighted by Crippen LogP contribution is 2.44. The zero-order valence-corrected chi connectivity index (χ0v) is 14.8. The molecule has 0 N–H and O–H groups in total. The average Bonchev–Trinajstić information content (AvgIpc) is 2.44. The van der Waals surface area contributed by atoms with E-state index in [-0.39, 0.29) is 0 Å². The van der Waals surface area contributed by atoms with Crippen LogP contribution in [-0.4, -0.2) is 5.66 Å². The molecule has 0 aromatic heterocycles. The van der Waals surface area contributed by atoms with E-state index in [1.54, 1.807) is 0 Å². The Morgan fingerprint density at radius 3 is 2.00 bits per heavy atom. The lowest BCUT2D eigenvalue weighted by atomic mass is 10.1. The summed E-state index contributed by atoms with van der Waals surface area (Å²) >= 11 is 0. The van der Waals surface area contributed by atoms with E-state index < -0.39 is 8.15 Å². The first-order chi connectivity index (χ1) is 9.91. The molecule has 0 fully saturated rings. The van der Waals surface area contributed by atoms with Crippen LogP contribution in [0.5, 0.6) is 5.75 Å². The van der Waals surface area contributed by atoms with Gasteiger partial charge in [0.05, 0.1) is 0 Å². The lowest BCUT2D eigenvalue weighted by molar-refractivity contribution is 0.606. The molecule has 0 bridgehead atoms. The van der Waals surface area contributed by atoms with Gasteiger partial charge in [-0.05, 0) is 56.0 Å². The topological polar surface area (TPSA) is 9.23 Å². The molecule has 1 atom stereocenters. The van der Waals surface area contributed by atoms with Gasteiger partial charge in [-0.1, -0.05) is 44.2 Å². The Morgan fingerprint density at radius 2 is 1.38 bits per heavy atom. The molecule has 0 amide bonds. The van der Waals surface area contributed by atoms with Crippen molar-refractivity contribution >= 4 is 13.5 Å². The van der Waals surface area contributed by atoms with Gasteiger partial charge in [0, 0.05) is 11.0 Å². The molecular formula is C19H25OP. The van der Waals surface area contributed by atoms with E-state index in [4.69, 9.17) is 4.52 Å². The van der Waals surface area contributed by atoms with Crippen molar-refractivity contribution in [1.82, 2.24) is 0 Å². The summed E-state index contributed by atoms with van der Waals surface area (Å²) in [6, 6.07) is 12.8. The minimum Gasteiger partial charge on any atom is -0.469 e. The highest BCUT2D eigenvalue weighted by Gasteiger charge is 2.21. The highest BCUT2D eigenvalue weighted by molar-refractivity contribution is 7.62. The third-order valence-corrected chi connectivity index (χ3v) is 6.32. The second kappa shape index (κ2) is 6.62. The molecule has 1 nitrogen and oxygen atoms in total. The third-order valence-electron chi connectivity index (χ3n) is 4.03. The minimum atomic E-state index is -0.657. The van der Waals surface area contributed by atoms with E-state index in [0.29, 0.717) is 5.66 Å². The maximum atomic E-state index is 6.47. The molecule has 0 radical (unpaired) electrons. The fourth-order valence-corrected chi connectivity index (χ4v) is 4.35. The van der Waals surface area contributed by atoms with E-state index >= 15 is 0 Å². The Bertz CT molecular complexity index is 631. The molecule has 0 aliphatic carbocycles. The van der Waals surface area contributed by atoms with Gasteiger partial charge in [-0.2, -0.15) is 0 Å². The fourth-order valence-electron chi connectivity index (χ4n) is 2.34. The molecule has 2 aromatic carbocycles. The van der Waals surface area contributed by atoms with Crippen molar-refractivity contribution in [2.75, 3.05) is 0 Å². The van der Waals surface area contributed by atoms with Crippen LogP contribution in [-0.2, 0) is 0 Å². The molecule has 1 unspecified atom stereocenters. The molecule has 2 aromatic rings.